The Morgan fingerprint density at radius 2 is 2.00 bits per heavy atom. The van der Waals surface area contributed by atoms with E-state index in [1.54, 1.807) is 31.2 Å². The van der Waals surface area contributed by atoms with Crippen molar-refractivity contribution in [2.75, 3.05) is 18.8 Å². The first kappa shape index (κ1) is 14.8. The Hall–Kier alpha value is -2.09. The van der Waals surface area contributed by atoms with Gasteiger partial charge in [-0.1, -0.05) is 19.1 Å². The van der Waals surface area contributed by atoms with Gasteiger partial charge in [0.15, 0.2) is 15.4 Å². The van der Waals surface area contributed by atoms with Crippen LogP contribution in [-0.4, -0.2) is 47.9 Å². The van der Waals surface area contributed by atoms with E-state index >= 15 is 0 Å². The molecular formula is C14H16N2O5S. The van der Waals surface area contributed by atoms with E-state index in [9.17, 15) is 18.0 Å². The fourth-order valence-electron chi connectivity index (χ4n) is 2.50. The molecule has 2 aromatic rings. The molecule has 2 heterocycles. The Balaban J connectivity index is 1.73. The zero-order valence-corrected chi connectivity index (χ0v) is 12.9. The van der Waals surface area contributed by atoms with Crippen LogP contribution in [0.1, 0.15) is 6.92 Å². The van der Waals surface area contributed by atoms with E-state index in [1.807, 2.05) is 0 Å². The number of aromatic nitrogens is 1. The number of oxazole rings is 1. The number of benzene rings is 1. The van der Waals surface area contributed by atoms with Crippen molar-refractivity contribution in [3.05, 3.63) is 34.8 Å². The monoisotopic (exact) mass is 324 g/mol. The van der Waals surface area contributed by atoms with E-state index in [0.29, 0.717) is 11.1 Å². The average Bonchev–Trinajstić information content (AvgIpc) is 2.73. The molecule has 118 valence electrons. The molecule has 0 unspecified atom stereocenters. The van der Waals surface area contributed by atoms with Gasteiger partial charge in [0.25, 0.3) is 0 Å². The third kappa shape index (κ3) is 2.43. The first-order chi connectivity index (χ1) is 10.4. The number of carbonyl (C=O) groups excluding carboxylic acids is 1. The van der Waals surface area contributed by atoms with E-state index < -0.39 is 20.8 Å². The van der Waals surface area contributed by atoms with E-state index in [0.717, 1.165) is 0 Å². The summed E-state index contributed by atoms with van der Waals surface area (Å²) in [5, 5.41) is -0.487. The van der Waals surface area contributed by atoms with Crippen LogP contribution in [-0.2, 0) is 21.2 Å². The lowest BCUT2D eigenvalue weighted by atomic mass is 10.2. The molecule has 22 heavy (non-hydrogen) atoms. The molecule has 1 fully saturated rings. The van der Waals surface area contributed by atoms with Gasteiger partial charge in [-0.25, -0.2) is 13.2 Å². The van der Waals surface area contributed by atoms with Crippen LogP contribution in [0.2, 0.25) is 0 Å². The van der Waals surface area contributed by atoms with Gasteiger partial charge in [0.05, 0.1) is 10.8 Å². The number of carbonyl (C=O) groups is 1. The van der Waals surface area contributed by atoms with Gasteiger partial charge in [-0.15, -0.1) is 0 Å². The second-order valence-corrected chi connectivity index (χ2v) is 7.86. The van der Waals surface area contributed by atoms with Crippen molar-refractivity contribution < 1.29 is 17.6 Å². The fourth-order valence-corrected chi connectivity index (χ4v) is 3.79. The number of likely N-dealkylation sites (tertiary alicyclic amines) is 1. The Bertz CT molecular complexity index is 874. The predicted molar refractivity (Wildman–Crippen MR) is 80.3 cm³/mol. The lowest BCUT2D eigenvalue weighted by Crippen LogP contribution is -2.58. The molecule has 1 aliphatic rings. The molecule has 1 saturated heterocycles. The molecule has 0 radical (unpaired) electrons. The van der Waals surface area contributed by atoms with Crippen LogP contribution in [0.15, 0.2) is 33.5 Å². The van der Waals surface area contributed by atoms with Crippen LogP contribution in [0.3, 0.4) is 0 Å². The molecule has 0 bridgehead atoms. The Kier molecular flexibility index (Phi) is 3.56. The second-order valence-electron chi connectivity index (χ2n) is 5.29. The first-order valence-electron chi connectivity index (χ1n) is 7.00. The quantitative estimate of drug-likeness (QED) is 0.804. The second kappa shape index (κ2) is 5.28. The fraction of sp³-hybridized carbons (Fsp3) is 0.429. The number of para-hydroxylation sites is 2. The van der Waals surface area contributed by atoms with Gasteiger partial charge >= 0.3 is 5.76 Å². The van der Waals surface area contributed by atoms with Crippen molar-refractivity contribution >= 4 is 26.8 Å². The number of sulfone groups is 1. The number of fused-ring (bicyclic) bond motifs is 1. The Labute approximate surface area is 127 Å². The van der Waals surface area contributed by atoms with Gasteiger partial charge in [-0.2, -0.15) is 0 Å². The number of amides is 1. The molecule has 1 aliphatic heterocycles. The highest BCUT2D eigenvalue weighted by molar-refractivity contribution is 7.92. The van der Waals surface area contributed by atoms with Crippen LogP contribution < -0.4 is 5.76 Å². The van der Waals surface area contributed by atoms with Crippen molar-refractivity contribution in [2.24, 2.45) is 0 Å². The highest BCUT2D eigenvalue weighted by Gasteiger charge is 2.38. The van der Waals surface area contributed by atoms with E-state index in [4.69, 9.17) is 4.42 Å². The summed E-state index contributed by atoms with van der Waals surface area (Å²) in [5.74, 6) is -0.796. The first-order valence-corrected chi connectivity index (χ1v) is 8.71. The molecule has 1 amide bonds. The van der Waals surface area contributed by atoms with Crippen LogP contribution in [0, 0.1) is 0 Å². The molecule has 1 aromatic heterocycles. The highest BCUT2D eigenvalue weighted by Crippen LogP contribution is 2.18. The van der Waals surface area contributed by atoms with Crippen LogP contribution in [0.4, 0.5) is 0 Å². The molecule has 8 heteroatoms. The standard InChI is InChI=1S/C14H16N2O5S/c1-2-22(19,20)10-7-15(8-10)13(17)9-16-11-5-3-4-6-12(11)21-14(16)18/h3-6,10H,2,7-9H2,1H3. The minimum atomic E-state index is -3.11. The summed E-state index contributed by atoms with van der Waals surface area (Å²) < 4.78 is 29.7. The maximum atomic E-state index is 12.2. The van der Waals surface area contributed by atoms with Crippen molar-refractivity contribution in [1.82, 2.24) is 9.47 Å². The number of nitrogens with zero attached hydrogens (tertiary/aromatic N) is 2. The summed E-state index contributed by atoms with van der Waals surface area (Å²) in [6, 6.07) is 6.86. The van der Waals surface area contributed by atoms with Gasteiger partial charge in [-0.3, -0.25) is 9.36 Å². The van der Waals surface area contributed by atoms with Gasteiger partial charge in [0.2, 0.25) is 5.91 Å². The van der Waals surface area contributed by atoms with Crippen molar-refractivity contribution in [2.45, 2.75) is 18.7 Å². The number of rotatable bonds is 4. The zero-order chi connectivity index (χ0) is 15.9. The van der Waals surface area contributed by atoms with E-state index in [1.165, 1.54) is 9.47 Å². The normalized spacial score (nSPS) is 16.0. The molecule has 0 aliphatic carbocycles. The smallest absolute Gasteiger partial charge is 0.408 e. The molecule has 1 aromatic carbocycles. The number of hydrogen-bond acceptors (Lipinski definition) is 5. The number of hydrogen-bond donors (Lipinski definition) is 0. The van der Waals surface area contributed by atoms with Crippen molar-refractivity contribution in [3.8, 4) is 0 Å². The van der Waals surface area contributed by atoms with Crippen LogP contribution >= 0.6 is 0 Å². The molecule has 3 rings (SSSR count). The predicted octanol–water partition coefficient (Wildman–Crippen LogP) is 0.240. The summed E-state index contributed by atoms with van der Waals surface area (Å²) in [4.78, 5) is 25.4. The van der Waals surface area contributed by atoms with Gasteiger partial charge < -0.3 is 9.32 Å². The minimum absolute atomic E-state index is 0.0749. The molecule has 7 nitrogen and oxygen atoms in total. The van der Waals surface area contributed by atoms with Gasteiger partial charge in [0, 0.05) is 18.8 Å². The van der Waals surface area contributed by atoms with Crippen LogP contribution in [0.5, 0.6) is 0 Å². The zero-order valence-electron chi connectivity index (χ0n) is 12.1. The van der Waals surface area contributed by atoms with Crippen molar-refractivity contribution in [1.29, 1.82) is 0 Å². The van der Waals surface area contributed by atoms with E-state index in [-0.39, 0.29) is 31.3 Å². The summed E-state index contributed by atoms with van der Waals surface area (Å²) in [5.41, 5.74) is 0.981. The SMILES string of the molecule is CCS(=O)(=O)C1CN(C(=O)Cn2c(=O)oc3ccccc32)C1. The summed E-state index contributed by atoms with van der Waals surface area (Å²) in [7, 11) is -3.11. The lowest BCUT2D eigenvalue weighted by Gasteiger charge is -2.38. The molecule has 0 spiro atoms. The maximum absolute atomic E-state index is 12.2. The highest BCUT2D eigenvalue weighted by atomic mass is 32.2. The summed E-state index contributed by atoms with van der Waals surface area (Å²) in [6.07, 6.45) is 0. The van der Waals surface area contributed by atoms with Crippen LogP contribution in [0.25, 0.3) is 11.1 Å². The largest absolute Gasteiger partial charge is 0.420 e. The average molecular weight is 324 g/mol. The topological polar surface area (TPSA) is 89.6 Å². The van der Waals surface area contributed by atoms with Gasteiger partial charge in [0.1, 0.15) is 6.54 Å². The summed E-state index contributed by atoms with van der Waals surface area (Å²) >= 11 is 0. The molecule has 0 atom stereocenters. The maximum Gasteiger partial charge on any atom is 0.420 e. The Morgan fingerprint density at radius 1 is 1.32 bits per heavy atom. The third-order valence-electron chi connectivity index (χ3n) is 3.98. The third-order valence-corrected chi connectivity index (χ3v) is 6.10. The molecule has 0 N–H and O–H groups in total. The summed E-state index contributed by atoms with van der Waals surface area (Å²) in [6.45, 7) is 1.84. The molecule has 0 saturated carbocycles. The Morgan fingerprint density at radius 3 is 2.68 bits per heavy atom. The van der Waals surface area contributed by atoms with Crippen molar-refractivity contribution in [3.63, 3.8) is 0 Å². The van der Waals surface area contributed by atoms with Gasteiger partial charge in [-0.05, 0) is 12.1 Å². The van der Waals surface area contributed by atoms with E-state index in [2.05, 4.69) is 0 Å². The lowest BCUT2D eigenvalue weighted by molar-refractivity contribution is -0.135. The molecular weight excluding hydrogens is 308 g/mol. The minimum Gasteiger partial charge on any atom is -0.408 e.